The molecular weight excluding hydrogens is 371 g/mol. The number of hydrogen-bond donors (Lipinski definition) is 0. The van der Waals surface area contributed by atoms with E-state index in [1.54, 1.807) is 25.4 Å². The first-order valence-electron chi connectivity index (χ1n) is 8.43. The number of halogens is 1. The van der Waals surface area contributed by atoms with Gasteiger partial charge in [0.1, 0.15) is 5.82 Å². The molecular formula is C18H17FN4O3S. The molecule has 0 radical (unpaired) electrons. The number of pyridine rings is 1. The van der Waals surface area contributed by atoms with Gasteiger partial charge >= 0.3 is 0 Å². The molecule has 1 aliphatic rings. The molecule has 7 nitrogen and oxygen atoms in total. The summed E-state index contributed by atoms with van der Waals surface area (Å²) in [4.78, 5) is 8.47. The Balaban J connectivity index is 1.40. The lowest BCUT2D eigenvalue weighted by atomic mass is 9.99. The summed E-state index contributed by atoms with van der Waals surface area (Å²) in [5, 5.41) is 3.94. The summed E-state index contributed by atoms with van der Waals surface area (Å²) in [6.45, 7) is 2.27. The summed E-state index contributed by atoms with van der Waals surface area (Å²) >= 11 is 0. The minimum absolute atomic E-state index is 0.100. The predicted molar refractivity (Wildman–Crippen MR) is 94.6 cm³/mol. The average Bonchev–Trinajstić information content (AvgIpc) is 3.09. The Hall–Kier alpha value is -2.65. The van der Waals surface area contributed by atoms with E-state index in [4.69, 9.17) is 4.52 Å². The highest BCUT2D eigenvalue weighted by Crippen LogP contribution is 2.28. The van der Waals surface area contributed by atoms with Gasteiger partial charge in [0.2, 0.25) is 21.7 Å². The molecule has 1 aromatic carbocycles. The van der Waals surface area contributed by atoms with Crippen LogP contribution in [0.2, 0.25) is 0 Å². The maximum absolute atomic E-state index is 13.4. The van der Waals surface area contributed by atoms with Crippen LogP contribution in [-0.4, -0.2) is 40.9 Å². The molecule has 27 heavy (non-hydrogen) atoms. The molecule has 1 fully saturated rings. The van der Waals surface area contributed by atoms with Crippen LogP contribution in [0.4, 0.5) is 4.39 Å². The van der Waals surface area contributed by atoms with Gasteiger partial charge in [0.25, 0.3) is 0 Å². The summed E-state index contributed by atoms with van der Waals surface area (Å²) in [7, 11) is -3.61. The number of hydrogen-bond acceptors (Lipinski definition) is 6. The molecule has 0 atom stereocenters. The molecule has 0 bridgehead atoms. The van der Waals surface area contributed by atoms with Crippen LogP contribution in [0, 0.1) is 18.7 Å². The first-order valence-corrected chi connectivity index (χ1v) is 9.87. The lowest BCUT2D eigenvalue weighted by Crippen LogP contribution is -2.50. The molecule has 4 rings (SSSR count). The van der Waals surface area contributed by atoms with Crippen molar-refractivity contribution >= 4 is 10.0 Å². The van der Waals surface area contributed by atoms with Crippen LogP contribution in [0.15, 0.2) is 52.1 Å². The number of aryl methyl sites for hydroxylation is 1. The fraction of sp³-hybridized carbons (Fsp3) is 0.278. The third-order valence-corrected chi connectivity index (χ3v) is 6.37. The van der Waals surface area contributed by atoms with Crippen LogP contribution in [0.25, 0.3) is 11.4 Å². The van der Waals surface area contributed by atoms with Crippen molar-refractivity contribution in [2.24, 2.45) is 5.92 Å². The first kappa shape index (κ1) is 17.7. The number of sulfonamides is 1. The normalized spacial score (nSPS) is 15.6. The molecule has 0 N–H and O–H groups in total. The van der Waals surface area contributed by atoms with Gasteiger partial charge in [-0.15, -0.1) is 0 Å². The Morgan fingerprint density at radius 3 is 2.81 bits per heavy atom. The van der Waals surface area contributed by atoms with Gasteiger partial charge in [0, 0.05) is 37.5 Å². The smallest absolute Gasteiger partial charge is 0.243 e. The number of aromatic nitrogens is 3. The quantitative estimate of drug-likeness (QED) is 0.667. The van der Waals surface area contributed by atoms with Gasteiger partial charge in [0.15, 0.2) is 0 Å². The Kier molecular flexibility index (Phi) is 4.48. The van der Waals surface area contributed by atoms with E-state index in [9.17, 15) is 12.8 Å². The highest BCUT2D eigenvalue weighted by Gasteiger charge is 2.37. The molecule has 0 saturated carbocycles. The number of nitrogens with zero attached hydrogens (tertiary/aromatic N) is 4. The van der Waals surface area contributed by atoms with E-state index in [0.717, 1.165) is 5.56 Å². The Labute approximate surface area is 155 Å². The van der Waals surface area contributed by atoms with Gasteiger partial charge in [0.05, 0.1) is 4.90 Å². The molecule has 0 amide bonds. The highest BCUT2D eigenvalue weighted by atomic mass is 32.2. The third-order valence-electron chi connectivity index (χ3n) is 4.54. The third kappa shape index (κ3) is 3.47. The average molecular weight is 388 g/mol. The standard InChI is InChI=1S/C18H17FN4O3S/c1-12-7-15(4-5-16(12)19)27(24,25)23-10-13(11-23)8-17-21-18(22-26-17)14-3-2-6-20-9-14/h2-7,9,13H,8,10-11H2,1H3. The summed E-state index contributed by atoms with van der Waals surface area (Å²) in [6, 6.07) is 7.46. The zero-order chi connectivity index (χ0) is 19.0. The van der Waals surface area contributed by atoms with Crippen LogP contribution in [0.5, 0.6) is 0 Å². The van der Waals surface area contributed by atoms with Crippen molar-refractivity contribution in [3.05, 3.63) is 60.0 Å². The van der Waals surface area contributed by atoms with E-state index in [1.807, 2.05) is 6.07 Å². The van der Waals surface area contributed by atoms with E-state index in [-0.39, 0.29) is 10.8 Å². The summed E-state index contributed by atoms with van der Waals surface area (Å²) in [6.07, 6.45) is 3.81. The maximum Gasteiger partial charge on any atom is 0.243 e. The van der Waals surface area contributed by atoms with E-state index >= 15 is 0 Å². The van der Waals surface area contributed by atoms with Crippen molar-refractivity contribution < 1.29 is 17.3 Å². The van der Waals surface area contributed by atoms with Crippen LogP contribution in [-0.2, 0) is 16.4 Å². The van der Waals surface area contributed by atoms with Gasteiger partial charge in [-0.05, 0) is 48.7 Å². The predicted octanol–water partition coefficient (Wildman–Crippen LogP) is 2.44. The van der Waals surface area contributed by atoms with Crippen molar-refractivity contribution in [2.45, 2.75) is 18.2 Å². The van der Waals surface area contributed by atoms with Crippen molar-refractivity contribution in [1.29, 1.82) is 0 Å². The van der Waals surface area contributed by atoms with Crippen LogP contribution in [0.1, 0.15) is 11.5 Å². The van der Waals surface area contributed by atoms with Gasteiger partial charge < -0.3 is 4.52 Å². The highest BCUT2D eigenvalue weighted by molar-refractivity contribution is 7.89. The second kappa shape index (κ2) is 6.82. The van der Waals surface area contributed by atoms with Gasteiger partial charge in [-0.3, -0.25) is 4.98 Å². The second-order valence-corrected chi connectivity index (χ2v) is 8.49. The van der Waals surface area contributed by atoms with Crippen molar-refractivity contribution in [3.63, 3.8) is 0 Å². The molecule has 0 aliphatic carbocycles. The fourth-order valence-corrected chi connectivity index (χ4v) is 4.65. The Morgan fingerprint density at radius 2 is 2.11 bits per heavy atom. The lowest BCUT2D eigenvalue weighted by molar-refractivity contribution is 0.186. The fourth-order valence-electron chi connectivity index (χ4n) is 2.97. The van der Waals surface area contributed by atoms with E-state index in [1.165, 1.54) is 22.5 Å². The molecule has 3 heterocycles. The molecule has 140 valence electrons. The van der Waals surface area contributed by atoms with Gasteiger partial charge in [-0.2, -0.15) is 9.29 Å². The Morgan fingerprint density at radius 1 is 1.30 bits per heavy atom. The summed E-state index contributed by atoms with van der Waals surface area (Å²) < 4.78 is 45.2. The minimum Gasteiger partial charge on any atom is -0.339 e. The first-order chi connectivity index (χ1) is 12.9. The van der Waals surface area contributed by atoms with Crippen molar-refractivity contribution in [1.82, 2.24) is 19.4 Å². The zero-order valence-corrected chi connectivity index (χ0v) is 15.4. The molecule has 3 aromatic rings. The zero-order valence-electron chi connectivity index (χ0n) is 14.5. The number of rotatable bonds is 5. The largest absolute Gasteiger partial charge is 0.339 e. The van der Waals surface area contributed by atoms with Crippen LogP contribution >= 0.6 is 0 Å². The van der Waals surface area contributed by atoms with Crippen LogP contribution in [0.3, 0.4) is 0 Å². The molecule has 2 aromatic heterocycles. The molecule has 1 saturated heterocycles. The van der Waals surface area contributed by atoms with Gasteiger partial charge in [-0.25, -0.2) is 12.8 Å². The Bertz CT molecular complexity index is 1060. The van der Waals surface area contributed by atoms with Crippen LogP contribution < -0.4 is 0 Å². The van der Waals surface area contributed by atoms with Crippen molar-refractivity contribution in [3.8, 4) is 11.4 Å². The number of benzene rings is 1. The molecule has 1 aliphatic heterocycles. The minimum atomic E-state index is -3.61. The lowest BCUT2D eigenvalue weighted by Gasteiger charge is -2.37. The molecule has 0 unspecified atom stereocenters. The summed E-state index contributed by atoms with van der Waals surface area (Å²) in [5.74, 6) is 0.608. The SMILES string of the molecule is Cc1cc(S(=O)(=O)N2CC(Cc3nc(-c4cccnc4)no3)C2)ccc1F. The van der Waals surface area contributed by atoms with E-state index in [0.29, 0.717) is 36.8 Å². The topological polar surface area (TPSA) is 89.2 Å². The second-order valence-electron chi connectivity index (χ2n) is 6.56. The van der Waals surface area contributed by atoms with E-state index < -0.39 is 15.8 Å². The monoisotopic (exact) mass is 388 g/mol. The van der Waals surface area contributed by atoms with Crippen molar-refractivity contribution in [2.75, 3.05) is 13.1 Å². The van der Waals surface area contributed by atoms with Gasteiger partial charge in [-0.1, -0.05) is 5.16 Å². The molecule has 9 heteroatoms. The molecule has 0 spiro atoms. The summed E-state index contributed by atoms with van der Waals surface area (Å²) in [5.41, 5.74) is 1.07. The maximum atomic E-state index is 13.4. The van der Waals surface area contributed by atoms with E-state index in [2.05, 4.69) is 15.1 Å².